The summed E-state index contributed by atoms with van der Waals surface area (Å²) in [6.45, 7) is 12.8. The summed E-state index contributed by atoms with van der Waals surface area (Å²) in [4.78, 5) is 6.43. The summed E-state index contributed by atoms with van der Waals surface area (Å²) in [5.41, 5.74) is 1.41. The largest absolute Gasteiger partial charge is 0.381 e. The van der Waals surface area contributed by atoms with Crippen molar-refractivity contribution in [3.8, 4) is 0 Å². The molecule has 1 aromatic rings. The summed E-state index contributed by atoms with van der Waals surface area (Å²) in [7, 11) is 0. The zero-order valence-electron chi connectivity index (χ0n) is 13.3. The van der Waals surface area contributed by atoms with Crippen molar-refractivity contribution in [3.05, 3.63) is 15.6 Å². The number of thiazole rings is 1. The highest BCUT2D eigenvalue weighted by Crippen LogP contribution is 2.36. The fraction of sp³-hybridized carbons (Fsp3) is 0.812. The molecule has 2 rings (SSSR count). The van der Waals surface area contributed by atoms with Gasteiger partial charge in [0.05, 0.1) is 10.7 Å². The van der Waals surface area contributed by atoms with E-state index in [1.807, 2.05) is 11.3 Å². The van der Waals surface area contributed by atoms with Crippen LogP contribution in [0.25, 0.3) is 0 Å². The van der Waals surface area contributed by atoms with Crippen molar-refractivity contribution in [2.75, 3.05) is 19.8 Å². The van der Waals surface area contributed by atoms with Crippen molar-refractivity contribution >= 4 is 11.3 Å². The van der Waals surface area contributed by atoms with E-state index in [4.69, 9.17) is 9.72 Å². The SMILES string of the molecule is CCCNCc1sc(C2CCOCC2)nc1C(C)(C)C. The van der Waals surface area contributed by atoms with Crippen LogP contribution in [0.4, 0.5) is 0 Å². The summed E-state index contributed by atoms with van der Waals surface area (Å²) in [6, 6.07) is 0. The van der Waals surface area contributed by atoms with Gasteiger partial charge < -0.3 is 10.1 Å². The first-order valence-corrected chi connectivity index (χ1v) is 8.62. The van der Waals surface area contributed by atoms with E-state index in [2.05, 4.69) is 33.0 Å². The molecule has 1 aliphatic rings. The van der Waals surface area contributed by atoms with Gasteiger partial charge in [0.1, 0.15) is 0 Å². The molecule has 0 saturated carbocycles. The molecule has 0 amide bonds. The van der Waals surface area contributed by atoms with Gasteiger partial charge in [-0.2, -0.15) is 0 Å². The maximum absolute atomic E-state index is 5.47. The highest BCUT2D eigenvalue weighted by molar-refractivity contribution is 7.11. The lowest BCUT2D eigenvalue weighted by Crippen LogP contribution is -2.19. The normalized spacial score (nSPS) is 17.6. The minimum Gasteiger partial charge on any atom is -0.381 e. The third-order valence-corrected chi connectivity index (χ3v) is 4.93. The average Bonchev–Trinajstić information content (AvgIpc) is 2.84. The van der Waals surface area contributed by atoms with Gasteiger partial charge in [0.25, 0.3) is 0 Å². The molecule has 4 heteroatoms. The Morgan fingerprint density at radius 3 is 2.60 bits per heavy atom. The quantitative estimate of drug-likeness (QED) is 0.838. The first kappa shape index (κ1) is 15.9. The third kappa shape index (κ3) is 4.03. The molecule has 0 bridgehead atoms. The van der Waals surface area contributed by atoms with E-state index < -0.39 is 0 Å². The maximum Gasteiger partial charge on any atom is 0.0964 e. The van der Waals surface area contributed by atoms with Gasteiger partial charge in [-0.3, -0.25) is 0 Å². The van der Waals surface area contributed by atoms with E-state index >= 15 is 0 Å². The molecule has 1 aliphatic heterocycles. The van der Waals surface area contributed by atoms with Crippen molar-refractivity contribution < 1.29 is 4.74 Å². The van der Waals surface area contributed by atoms with Crippen molar-refractivity contribution in [1.29, 1.82) is 0 Å². The van der Waals surface area contributed by atoms with Gasteiger partial charge in [0.2, 0.25) is 0 Å². The van der Waals surface area contributed by atoms with Crippen LogP contribution < -0.4 is 5.32 Å². The summed E-state index contributed by atoms with van der Waals surface area (Å²) in [5, 5.41) is 4.85. The monoisotopic (exact) mass is 296 g/mol. The molecule has 1 saturated heterocycles. The number of aromatic nitrogens is 1. The van der Waals surface area contributed by atoms with E-state index in [-0.39, 0.29) is 5.41 Å². The van der Waals surface area contributed by atoms with Crippen LogP contribution in [0.3, 0.4) is 0 Å². The standard InChI is InChI=1S/C16H28N2OS/c1-5-8-17-11-13-14(16(2,3)4)18-15(20-13)12-6-9-19-10-7-12/h12,17H,5-11H2,1-4H3. The first-order chi connectivity index (χ1) is 9.52. The summed E-state index contributed by atoms with van der Waals surface area (Å²) in [5.74, 6) is 0.606. The molecule has 3 nitrogen and oxygen atoms in total. The minimum absolute atomic E-state index is 0.128. The van der Waals surface area contributed by atoms with E-state index in [1.54, 1.807) is 0 Å². The molecule has 0 spiro atoms. The summed E-state index contributed by atoms with van der Waals surface area (Å²) in [6.07, 6.45) is 3.42. The van der Waals surface area contributed by atoms with E-state index in [9.17, 15) is 0 Å². The van der Waals surface area contributed by atoms with Crippen molar-refractivity contribution in [2.24, 2.45) is 0 Å². The zero-order chi connectivity index (χ0) is 14.6. The fourth-order valence-corrected chi connectivity index (χ4v) is 3.99. The lowest BCUT2D eigenvalue weighted by atomic mass is 9.91. The molecule has 1 aromatic heterocycles. The summed E-state index contributed by atoms with van der Waals surface area (Å²) < 4.78 is 5.47. The molecular weight excluding hydrogens is 268 g/mol. The van der Waals surface area contributed by atoms with Crippen molar-refractivity contribution in [2.45, 2.75) is 64.8 Å². The average molecular weight is 296 g/mol. The Hall–Kier alpha value is -0.450. The molecule has 0 aliphatic carbocycles. The van der Waals surface area contributed by atoms with Crippen LogP contribution in [0, 0.1) is 0 Å². The molecule has 20 heavy (non-hydrogen) atoms. The molecular formula is C16H28N2OS. The molecule has 0 atom stereocenters. The number of nitrogens with zero attached hydrogens (tertiary/aromatic N) is 1. The van der Waals surface area contributed by atoms with Gasteiger partial charge in [-0.15, -0.1) is 11.3 Å². The van der Waals surface area contributed by atoms with Crippen LogP contribution in [-0.2, 0) is 16.7 Å². The Morgan fingerprint density at radius 2 is 2.00 bits per heavy atom. The van der Waals surface area contributed by atoms with Crippen LogP contribution in [0.2, 0.25) is 0 Å². The van der Waals surface area contributed by atoms with Crippen LogP contribution >= 0.6 is 11.3 Å². The predicted molar refractivity (Wildman–Crippen MR) is 85.6 cm³/mol. The molecule has 2 heterocycles. The first-order valence-electron chi connectivity index (χ1n) is 7.81. The topological polar surface area (TPSA) is 34.1 Å². The number of rotatable bonds is 5. The van der Waals surface area contributed by atoms with Gasteiger partial charge in [0, 0.05) is 36.0 Å². The molecule has 0 radical (unpaired) electrons. The second-order valence-corrected chi connectivity index (χ2v) is 7.75. The fourth-order valence-electron chi connectivity index (χ4n) is 2.57. The number of ether oxygens (including phenoxy) is 1. The second kappa shape index (κ2) is 7.01. The Kier molecular flexibility index (Phi) is 5.58. The van der Waals surface area contributed by atoms with Crippen LogP contribution in [0.5, 0.6) is 0 Å². The molecule has 114 valence electrons. The second-order valence-electron chi connectivity index (χ2n) is 6.64. The van der Waals surface area contributed by atoms with Gasteiger partial charge in [-0.25, -0.2) is 4.98 Å². The van der Waals surface area contributed by atoms with Crippen LogP contribution in [0.1, 0.15) is 68.5 Å². The Balaban J connectivity index is 2.17. The lowest BCUT2D eigenvalue weighted by Gasteiger charge is -2.20. The van der Waals surface area contributed by atoms with E-state index in [0.717, 1.165) is 39.1 Å². The maximum atomic E-state index is 5.47. The van der Waals surface area contributed by atoms with E-state index in [1.165, 1.54) is 22.0 Å². The van der Waals surface area contributed by atoms with Gasteiger partial charge >= 0.3 is 0 Å². The lowest BCUT2D eigenvalue weighted by molar-refractivity contribution is 0.0852. The number of nitrogens with one attached hydrogen (secondary N) is 1. The minimum atomic E-state index is 0.128. The Morgan fingerprint density at radius 1 is 1.30 bits per heavy atom. The third-order valence-electron chi connectivity index (χ3n) is 3.71. The predicted octanol–water partition coefficient (Wildman–Crippen LogP) is 3.83. The zero-order valence-corrected chi connectivity index (χ0v) is 14.1. The smallest absolute Gasteiger partial charge is 0.0964 e. The van der Waals surface area contributed by atoms with Gasteiger partial charge in [0.15, 0.2) is 0 Å². The van der Waals surface area contributed by atoms with Gasteiger partial charge in [-0.1, -0.05) is 27.7 Å². The molecule has 0 aromatic carbocycles. The molecule has 0 unspecified atom stereocenters. The highest BCUT2D eigenvalue weighted by atomic mass is 32.1. The van der Waals surface area contributed by atoms with Crippen molar-refractivity contribution in [1.82, 2.24) is 10.3 Å². The van der Waals surface area contributed by atoms with Gasteiger partial charge in [-0.05, 0) is 25.8 Å². The summed E-state index contributed by atoms with van der Waals surface area (Å²) >= 11 is 1.91. The van der Waals surface area contributed by atoms with Crippen molar-refractivity contribution in [3.63, 3.8) is 0 Å². The Labute approximate surface area is 127 Å². The number of hydrogen-bond acceptors (Lipinski definition) is 4. The number of hydrogen-bond donors (Lipinski definition) is 1. The van der Waals surface area contributed by atoms with Crippen LogP contribution in [-0.4, -0.2) is 24.7 Å². The Bertz CT molecular complexity index is 417. The highest BCUT2D eigenvalue weighted by Gasteiger charge is 2.26. The van der Waals surface area contributed by atoms with Crippen LogP contribution in [0.15, 0.2) is 0 Å². The molecule has 1 N–H and O–H groups in total. The van der Waals surface area contributed by atoms with E-state index in [0.29, 0.717) is 5.92 Å². The molecule has 1 fully saturated rings.